The summed E-state index contributed by atoms with van der Waals surface area (Å²) in [4.78, 5) is 10.00. The van der Waals surface area contributed by atoms with E-state index in [0.717, 1.165) is 0 Å². The molecule has 2 N–H and O–H groups in total. The monoisotopic (exact) mass is 255 g/mol. The first kappa shape index (κ1) is 12.5. The lowest BCUT2D eigenvalue weighted by Crippen LogP contribution is -1.86. The van der Waals surface area contributed by atoms with Crippen LogP contribution in [0.5, 0.6) is 11.5 Å². The highest BCUT2D eigenvalue weighted by Gasteiger charge is 2.02. The number of hydrogen-bond acceptors (Lipinski definition) is 4. The van der Waals surface area contributed by atoms with Gasteiger partial charge in [-0.05, 0) is 24.3 Å². The van der Waals surface area contributed by atoms with Crippen molar-refractivity contribution in [2.24, 2.45) is 0 Å². The van der Waals surface area contributed by atoms with Crippen LogP contribution in [0.2, 0.25) is 0 Å². The Morgan fingerprint density at radius 2 is 1.42 bits per heavy atom. The molecule has 0 aromatic heterocycles. The lowest BCUT2D eigenvalue weighted by Gasteiger charge is -1.96. The topological polar surface area (TPSA) is 83.6 Å². The number of rotatable bonds is 1. The Bertz CT molecular complexity index is 661. The first-order chi connectivity index (χ1) is 9.04. The van der Waals surface area contributed by atoms with E-state index in [0.29, 0.717) is 11.1 Å². The van der Waals surface area contributed by atoms with Gasteiger partial charge in [0.2, 0.25) is 0 Å². The molecule has 0 atom stereocenters. The molecule has 19 heavy (non-hydrogen) atoms. The molecular formula is C14H9NO4. The first-order valence-corrected chi connectivity index (χ1v) is 5.34. The number of non-ortho nitro benzene ring substituents is 1. The van der Waals surface area contributed by atoms with E-state index in [-0.39, 0.29) is 17.2 Å². The van der Waals surface area contributed by atoms with Crippen molar-refractivity contribution in [3.05, 3.63) is 63.7 Å². The van der Waals surface area contributed by atoms with Gasteiger partial charge in [-0.1, -0.05) is 11.8 Å². The molecule has 94 valence electrons. The highest BCUT2D eigenvalue weighted by atomic mass is 16.6. The molecule has 0 bridgehead atoms. The van der Waals surface area contributed by atoms with E-state index in [1.54, 1.807) is 0 Å². The van der Waals surface area contributed by atoms with Crippen molar-refractivity contribution in [2.45, 2.75) is 0 Å². The second-order valence-corrected chi connectivity index (χ2v) is 3.79. The highest BCUT2D eigenvalue weighted by molar-refractivity contribution is 5.49. The summed E-state index contributed by atoms with van der Waals surface area (Å²) in [5.74, 6) is 5.39. The third-order valence-electron chi connectivity index (χ3n) is 2.33. The molecule has 0 radical (unpaired) electrons. The van der Waals surface area contributed by atoms with Crippen LogP contribution in [-0.2, 0) is 0 Å². The third-order valence-corrected chi connectivity index (χ3v) is 2.33. The molecule has 0 aliphatic carbocycles. The molecule has 0 saturated heterocycles. The van der Waals surface area contributed by atoms with E-state index < -0.39 is 4.92 Å². The smallest absolute Gasteiger partial charge is 0.269 e. The summed E-state index contributed by atoms with van der Waals surface area (Å²) in [5.41, 5.74) is 1.06. The number of nitro benzene ring substituents is 1. The lowest BCUT2D eigenvalue weighted by molar-refractivity contribution is -0.384. The molecule has 5 heteroatoms. The number of hydrogen-bond donors (Lipinski definition) is 2. The van der Waals surface area contributed by atoms with Gasteiger partial charge in [0.1, 0.15) is 11.5 Å². The molecule has 5 nitrogen and oxygen atoms in total. The molecule has 0 fully saturated rings. The zero-order chi connectivity index (χ0) is 13.8. The van der Waals surface area contributed by atoms with Gasteiger partial charge in [0.25, 0.3) is 5.69 Å². The molecular weight excluding hydrogens is 246 g/mol. The van der Waals surface area contributed by atoms with Gasteiger partial charge >= 0.3 is 0 Å². The predicted molar refractivity (Wildman–Crippen MR) is 68.8 cm³/mol. The number of nitrogens with zero attached hydrogens (tertiary/aromatic N) is 1. The van der Waals surface area contributed by atoms with Crippen molar-refractivity contribution >= 4 is 5.69 Å². The third kappa shape index (κ3) is 3.23. The minimum absolute atomic E-state index is 0.000509. The largest absolute Gasteiger partial charge is 0.508 e. The van der Waals surface area contributed by atoms with E-state index in [1.807, 2.05) is 0 Å². The van der Waals surface area contributed by atoms with Crippen molar-refractivity contribution in [1.29, 1.82) is 0 Å². The van der Waals surface area contributed by atoms with Crippen molar-refractivity contribution in [3.8, 4) is 23.3 Å². The summed E-state index contributed by atoms with van der Waals surface area (Å²) in [5, 5.41) is 29.1. The number of aromatic hydroxyl groups is 2. The fourth-order valence-corrected chi connectivity index (χ4v) is 1.48. The van der Waals surface area contributed by atoms with Crippen LogP contribution in [0.4, 0.5) is 5.69 Å². The molecule has 0 aliphatic rings. The van der Waals surface area contributed by atoms with Crippen LogP contribution >= 0.6 is 0 Å². The summed E-state index contributed by atoms with van der Waals surface area (Å²) in [6.07, 6.45) is 0. The minimum atomic E-state index is -0.482. The fraction of sp³-hybridized carbons (Fsp3) is 0. The Labute approximate surface area is 108 Å². The average Bonchev–Trinajstić information content (AvgIpc) is 2.36. The number of nitro groups is 1. The molecule has 0 saturated carbocycles. The second-order valence-electron chi connectivity index (χ2n) is 3.79. The van der Waals surface area contributed by atoms with Crippen LogP contribution in [0.3, 0.4) is 0 Å². The van der Waals surface area contributed by atoms with E-state index in [2.05, 4.69) is 11.8 Å². The zero-order valence-corrected chi connectivity index (χ0v) is 9.70. The SMILES string of the molecule is O=[N+]([O-])c1ccc(C#Cc2cc(O)cc(O)c2)cc1. The Kier molecular flexibility index (Phi) is 3.35. The van der Waals surface area contributed by atoms with Crippen molar-refractivity contribution in [1.82, 2.24) is 0 Å². The van der Waals surface area contributed by atoms with Crippen molar-refractivity contribution in [2.75, 3.05) is 0 Å². The van der Waals surface area contributed by atoms with Crippen LogP contribution in [0, 0.1) is 22.0 Å². The summed E-state index contributed by atoms with van der Waals surface area (Å²) >= 11 is 0. The Morgan fingerprint density at radius 1 is 0.895 bits per heavy atom. The van der Waals surface area contributed by atoms with E-state index in [9.17, 15) is 20.3 Å². The Morgan fingerprint density at radius 3 is 1.95 bits per heavy atom. The number of phenols is 2. The molecule has 2 aromatic carbocycles. The zero-order valence-electron chi connectivity index (χ0n) is 9.70. The number of phenolic OH excluding ortho intramolecular Hbond substituents is 2. The summed E-state index contributed by atoms with van der Waals surface area (Å²) < 4.78 is 0. The normalized spacial score (nSPS) is 9.47. The number of benzene rings is 2. The maximum atomic E-state index is 10.5. The molecule has 0 heterocycles. The highest BCUT2D eigenvalue weighted by Crippen LogP contribution is 2.19. The summed E-state index contributed by atoms with van der Waals surface area (Å²) in [6, 6.07) is 9.84. The summed E-state index contributed by atoms with van der Waals surface area (Å²) in [7, 11) is 0. The molecule has 0 spiro atoms. The molecule has 0 aliphatic heterocycles. The molecule has 2 rings (SSSR count). The van der Waals surface area contributed by atoms with Crippen LogP contribution in [-0.4, -0.2) is 15.1 Å². The van der Waals surface area contributed by atoms with Crippen LogP contribution in [0.25, 0.3) is 0 Å². The molecule has 0 unspecified atom stereocenters. The molecule has 0 amide bonds. The van der Waals surface area contributed by atoms with Gasteiger partial charge in [-0.15, -0.1) is 0 Å². The van der Waals surface area contributed by atoms with E-state index in [1.165, 1.54) is 42.5 Å². The van der Waals surface area contributed by atoms with E-state index >= 15 is 0 Å². The van der Waals surface area contributed by atoms with Crippen LogP contribution in [0.1, 0.15) is 11.1 Å². The second kappa shape index (κ2) is 5.10. The van der Waals surface area contributed by atoms with Gasteiger partial charge in [0.05, 0.1) is 4.92 Å². The molecule has 2 aromatic rings. The fourth-order valence-electron chi connectivity index (χ4n) is 1.48. The van der Waals surface area contributed by atoms with Crippen LogP contribution < -0.4 is 0 Å². The lowest BCUT2D eigenvalue weighted by atomic mass is 10.1. The van der Waals surface area contributed by atoms with Crippen LogP contribution in [0.15, 0.2) is 42.5 Å². The van der Waals surface area contributed by atoms with Gasteiger partial charge in [-0.3, -0.25) is 10.1 Å². The van der Waals surface area contributed by atoms with Crippen molar-refractivity contribution < 1.29 is 15.1 Å². The maximum absolute atomic E-state index is 10.5. The van der Waals surface area contributed by atoms with Crippen molar-refractivity contribution in [3.63, 3.8) is 0 Å². The van der Waals surface area contributed by atoms with Gasteiger partial charge in [-0.2, -0.15) is 0 Å². The maximum Gasteiger partial charge on any atom is 0.269 e. The quantitative estimate of drug-likeness (QED) is 0.465. The Hall–Kier alpha value is -3.00. The summed E-state index contributed by atoms with van der Waals surface area (Å²) in [6.45, 7) is 0. The average molecular weight is 255 g/mol. The van der Waals surface area contributed by atoms with Gasteiger partial charge in [0, 0.05) is 29.3 Å². The van der Waals surface area contributed by atoms with Gasteiger partial charge in [0.15, 0.2) is 0 Å². The minimum Gasteiger partial charge on any atom is -0.508 e. The predicted octanol–water partition coefficient (Wildman–Crippen LogP) is 2.41. The Balaban J connectivity index is 2.26. The van der Waals surface area contributed by atoms with Gasteiger partial charge < -0.3 is 10.2 Å². The standard InChI is InChI=1S/C14H9NO4/c16-13-7-11(8-14(17)9-13)2-1-10-3-5-12(6-4-10)15(18)19/h3-9,16-17H. The van der Waals surface area contributed by atoms with E-state index in [4.69, 9.17) is 0 Å². The van der Waals surface area contributed by atoms with Gasteiger partial charge in [-0.25, -0.2) is 0 Å². The first-order valence-electron chi connectivity index (χ1n) is 5.34.